The average molecular weight is 282 g/mol. The molecule has 0 amide bonds. The van der Waals surface area contributed by atoms with Crippen LogP contribution in [0.5, 0.6) is 5.75 Å². The molecule has 0 aliphatic rings. The van der Waals surface area contributed by atoms with Gasteiger partial charge in [0.15, 0.2) is 0 Å². The van der Waals surface area contributed by atoms with Crippen molar-refractivity contribution in [2.45, 2.75) is 6.54 Å². The Kier molecular flexibility index (Phi) is 3.38. The third-order valence-corrected chi connectivity index (χ3v) is 3.01. The highest BCUT2D eigenvalue weighted by Gasteiger charge is 2.08. The molecule has 3 aromatic rings. The summed E-state index contributed by atoms with van der Waals surface area (Å²) in [6.07, 6.45) is 0. The molecule has 1 aromatic heterocycles. The van der Waals surface area contributed by atoms with Crippen LogP contribution in [0.2, 0.25) is 0 Å². The van der Waals surface area contributed by atoms with Crippen LogP contribution in [-0.4, -0.2) is 25.3 Å². The number of nitrogens with one attached hydrogen (secondary N) is 1. The second-order valence-corrected chi connectivity index (χ2v) is 4.49. The van der Waals surface area contributed by atoms with Crippen molar-refractivity contribution in [3.05, 3.63) is 54.1 Å². The van der Waals surface area contributed by atoms with Gasteiger partial charge in [-0.2, -0.15) is 4.68 Å². The van der Waals surface area contributed by atoms with Crippen molar-refractivity contribution in [1.29, 1.82) is 0 Å². The van der Waals surface area contributed by atoms with Crippen molar-refractivity contribution in [2.24, 2.45) is 0 Å². The lowest BCUT2D eigenvalue weighted by Crippen LogP contribution is -2.07. The van der Waals surface area contributed by atoms with Crippen LogP contribution in [0.4, 0.5) is 11.6 Å². The fraction of sp³-hybridized carbons (Fsp3) is 0.0714. The van der Waals surface area contributed by atoms with Gasteiger partial charge in [0, 0.05) is 17.8 Å². The molecule has 0 unspecified atom stereocenters. The number of benzene rings is 2. The van der Waals surface area contributed by atoms with Crippen molar-refractivity contribution in [3.63, 3.8) is 0 Å². The maximum atomic E-state index is 9.80. The number of anilines is 2. The van der Waals surface area contributed by atoms with Crippen molar-refractivity contribution < 1.29 is 5.11 Å². The molecule has 0 bridgehead atoms. The van der Waals surface area contributed by atoms with E-state index in [0.717, 1.165) is 5.69 Å². The summed E-state index contributed by atoms with van der Waals surface area (Å²) in [5.74, 6) is 0.665. The largest absolute Gasteiger partial charge is 0.508 e. The van der Waals surface area contributed by atoms with Gasteiger partial charge in [-0.25, -0.2) is 0 Å². The van der Waals surface area contributed by atoms with Gasteiger partial charge in [0.2, 0.25) is 5.95 Å². The number of hydrogen-bond acceptors (Lipinski definition) is 6. The topological polar surface area (TPSA) is 102 Å². The van der Waals surface area contributed by atoms with Gasteiger partial charge in [-0.15, -0.1) is 0 Å². The van der Waals surface area contributed by atoms with Crippen LogP contribution in [0.15, 0.2) is 48.5 Å². The summed E-state index contributed by atoms with van der Waals surface area (Å²) < 4.78 is 1.59. The van der Waals surface area contributed by atoms with Crippen LogP contribution in [0.25, 0.3) is 5.69 Å². The molecule has 21 heavy (non-hydrogen) atoms. The fourth-order valence-corrected chi connectivity index (χ4v) is 1.96. The summed E-state index contributed by atoms with van der Waals surface area (Å²) in [5.41, 5.74) is 7.83. The first-order valence-electron chi connectivity index (χ1n) is 6.39. The molecule has 0 spiro atoms. The van der Waals surface area contributed by atoms with E-state index in [1.807, 2.05) is 30.3 Å². The van der Waals surface area contributed by atoms with Gasteiger partial charge in [0.1, 0.15) is 5.75 Å². The van der Waals surface area contributed by atoms with Crippen LogP contribution in [-0.2, 0) is 6.54 Å². The van der Waals surface area contributed by atoms with E-state index in [1.165, 1.54) is 0 Å². The Morgan fingerprint density at radius 3 is 2.76 bits per heavy atom. The number of phenolic OH excluding ortho intramolecular Hbond substituents is 1. The molecule has 0 fully saturated rings. The fourth-order valence-electron chi connectivity index (χ4n) is 1.96. The highest BCUT2D eigenvalue weighted by atomic mass is 16.3. The molecule has 0 saturated carbocycles. The standard InChI is InChI=1S/C14H14N6O/c15-11-6-7-13(21)10(8-11)9-16-14-17-18-19-20(14)12-4-2-1-3-5-12/h1-8,21H,9,15H2,(H,16,17,19). The van der Waals surface area contributed by atoms with Gasteiger partial charge in [0.05, 0.1) is 5.69 Å². The van der Waals surface area contributed by atoms with E-state index < -0.39 is 0 Å². The van der Waals surface area contributed by atoms with E-state index >= 15 is 0 Å². The Morgan fingerprint density at radius 1 is 1.14 bits per heavy atom. The lowest BCUT2D eigenvalue weighted by atomic mass is 10.2. The number of para-hydroxylation sites is 1. The summed E-state index contributed by atoms with van der Waals surface area (Å²) in [4.78, 5) is 0. The zero-order valence-electron chi connectivity index (χ0n) is 11.1. The second-order valence-electron chi connectivity index (χ2n) is 4.49. The second kappa shape index (κ2) is 5.49. The smallest absolute Gasteiger partial charge is 0.248 e. The van der Waals surface area contributed by atoms with Crippen molar-refractivity contribution in [3.8, 4) is 11.4 Å². The van der Waals surface area contributed by atoms with E-state index in [4.69, 9.17) is 5.73 Å². The molecule has 0 saturated heterocycles. The molecule has 0 aliphatic carbocycles. The molecule has 1 heterocycles. The number of nitrogen functional groups attached to an aromatic ring is 1. The minimum atomic E-state index is 0.176. The summed E-state index contributed by atoms with van der Waals surface area (Å²) in [7, 11) is 0. The number of aromatic hydroxyl groups is 1. The molecule has 7 nitrogen and oxygen atoms in total. The van der Waals surface area contributed by atoms with Gasteiger partial charge < -0.3 is 16.2 Å². The summed E-state index contributed by atoms with van der Waals surface area (Å²) in [6.45, 7) is 0.365. The summed E-state index contributed by atoms with van der Waals surface area (Å²) in [6, 6.07) is 14.5. The van der Waals surface area contributed by atoms with Gasteiger partial charge in [-0.05, 0) is 40.8 Å². The number of tetrazole rings is 1. The number of nitrogens with two attached hydrogens (primary N) is 1. The molecule has 106 valence electrons. The number of aromatic nitrogens is 4. The Bertz CT molecular complexity index is 740. The maximum Gasteiger partial charge on any atom is 0.248 e. The first-order chi connectivity index (χ1) is 10.2. The van der Waals surface area contributed by atoms with Gasteiger partial charge in [-0.1, -0.05) is 23.3 Å². The first-order valence-corrected chi connectivity index (χ1v) is 6.39. The molecule has 0 atom stereocenters. The number of nitrogens with zero attached hydrogens (tertiary/aromatic N) is 4. The predicted molar refractivity (Wildman–Crippen MR) is 79.0 cm³/mol. The van der Waals surface area contributed by atoms with E-state index in [1.54, 1.807) is 22.9 Å². The minimum Gasteiger partial charge on any atom is -0.508 e. The van der Waals surface area contributed by atoms with E-state index in [-0.39, 0.29) is 5.75 Å². The maximum absolute atomic E-state index is 9.80. The highest BCUT2D eigenvalue weighted by molar-refractivity contribution is 5.48. The third kappa shape index (κ3) is 2.76. The van der Waals surface area contributed by atoms with Crippen molar-refractivity contribution >= 4 is 11.6 Å². The molecular weight excluding hydrogens is 268 g/mol. The monoisotopic (exact) mass is 282 g/mol. The number of phenols is 1. The molecular formula is C14H14N6O. The lowest BCUT2D eigenvalue weighted by Gasteiger charge is -2.09. The van der Waals surface area contributed by atoms with Gasteiger partial charge >= 0.3 is 0 Å². The first kappa shape index (κ1) is 12.9. The van der Waals surface area contributed by atoms with Gasteiger partial charge in [-0.3, -0.25) is 0 Å². The number of hydrogen-bond donors (Lipinski definition) is 3. The minimum absolute atomic E-state index is 0.176. The summed E-state index contributed by atoms with van der Waals surface area (Å²) in [5, 5.41) is 24.4. The quantitative estimate of drug-likeness (QED) is 0.496. The normalized spacial score (nSPS) is 10.5. The Morgan fingerprint density at radius 2 is 1.95 bits per heavy atom. The van der Waals surface area contributed by atoms with E-state index in [0.29, 0.717) is 23.7 Å². The highest BCUT2D eigenvalue weighted by Crippen LogP contribution is 2.21. The molecule has 7 heteroatoms. The molecule has 0 aliphatic heterocycles. The molecule has 3 rings (SSSR count). The van der Waals surface area contributed by atoms with E-state index in [9.17, 15) is 5.11 Å². The van der Waals surface area contributed by atoms with Crippen LogP contribution < -0.4 is 11.1 Å². The Labute approximate surface area is 121 Å². The third-order valence-electron chi connectivity index (χ3n) is 3.01. The van der Waals surface area contributed by atoms with Crippen LogP contribution in [0.1, 0.15) is 5.56 Å². The van der Waals surface area contributed by atoms with Crippen molar-refractivity contribution in [2.75, 3.05) is 11.1 Å². The zero-order valence-corrected chi connectivity index (χ0v) is 11.1. The predicted octanol–water partition coefficient (Wildman–Crippen LogP) is 1.56. The van der Waals surface area contributed by atoms with Crippen LogP contribution >= 0.6 is 0 Å². The van der Waals surface area contributed by atoms with Crippen LogP contribution in [0, 0.1) is 0 Å². The lowest BCUT2D eigenvalue weighted by molar-refractivity contribution is 0.469. The van der Waals surface area contributed by atoms with Gasteiger partial charge in [0.25, 0.3) is 0 Å². The SMILES string of the molecule is Nc1ccc(O)c(CNc2nnnn2-c2ccccc2)c1. The molecule has 4 N–H and O–H groups in total. The Hall–Kier alpha value is -3.09. The van der Waals surface area contributed by atoms with E-state index in [2.05, 4.69) is 20.8 Å². The average Bonchev–Trinajstić information content (AvgIpc) is 2.97. The summed E-state index contributed by atoms with van der Waals surface area (Å²) >= 11 is 0. The number of rotatable bonds is 4. The molecule has 0 radical (unpaired) electrons. The zero-order chi connectivity index (χ0) is 14.7. The molecule has 2 aromatic carbocycles. The van der Waals surface area contributed by atoms with Crippen LogP contribution in [0.3, 0.4) is 0 Å². The van der Waals surface area contributed by atoms with Crippen molar-refractivity contribution in [1.82, 2.24) is 20.2 Å². The Balaban J connectivity index is 1.81.